The summed E-state index contributed by atoms with van der Waals surface area (Å²) in [5.41, 5.74) is 1.98. The number of aromatic hydroxyl groups is 1. The Morgan fingerprint density at radius 1 is 1.20 bits per heavy atom. The van der Waals surface area contributed by atoms with E-state index in [1.165, 1.54) is 0 Å². The second-order valence-electron chi connectivity index (χ2n) is 4.29. The Balaban J connectivity index is 2.14. The molecule has 2 aromatic heterocycles. The predicted molar refractivity (Wildman–Crippen MR) is 77.1 cm³/mol. The van der Waals surface area contributed by atoms with Gasteiger partial charge in [0, 0.05) is 7.05 Å². The highest BCUT2D eigenvalue weighted by molar-refractivity contribution is 5.79. The van der Waals surface area contributed by atoms with Crippen LogP contribution in [-0.4, -0.2) is 34.2 Å². The third kappa shape index (κ3) is 2.01. The lowest BCUT2D eigenvalue weighted by Gasteiger charge is -2.04. The van der Waals surface area contributed by atoms with Crippen molar-refractivity contribution in [3.8, 4) is 22.9 Å². The van der Waals surface area contributed by atoms with Crippen LogP contribution < -0.4 is 10.1 Å². The molecule has 102 valence electrons. The zero-order valence-corrected chi connectivity index (χ0v) is 11.1. The molecule has 6 heteroatoms. The number of rotatable bonds is 3. The molecule has 3 rings (SSSR count). The van der Waals surface area contributed by atoms with Gasteiger partial charge in [-0.25, -0.2) is 9.97 Å². The van der Waals surface area contributed by atoms with Crippen molar-refractivity contribution in [2.24, 2.45) is 0 Å². The summed E-state index contributed by atoms with van der Waals surface area (Å²) in [7, 11) is 3.38. The number of hydrogen-bond acceptors (Lipinski definition) is 5. The third-order valence-corrected chi connectivity index (χ3v) is 3.06. The van der Waals surface area contributed by atoms with E-state index in [0.717, 1.165) is 11.3 Å². The maximum Gasteiger partial charge on any atom is 0.180 e. The predicted octanol–water partition coefficient (Wildman–Crippen LogP) is 2.38. The molecule has 0 radical (unpaired) electrons. The van der Waals surface area contributed by atoms with Gasteiger partial charge in [-0.05, 0) is 30.3 Å². The lowest BCUT2D eigenvalue weighted by Crippen LogP contribution is -1.91. The van der Waals surface area contributed by atoms with Gasteiger partial charge < -0.3 is 20.1 Å². The first-order valence-electron chi connectivity index (χ1n) is 6.13. The molecule has 0 aliphatic carbocycles. The molecule has 0 atom stereocenters. The van der Waals surface area contributed by atoms with Crippen LogP contribution in [0.4, 0.5) is 5.82 Å². The number of aromatic nitrogens is 3. The minimum Gasteiger partial charge on any atom is -0.507 e. The van der Waals surface area contributed by atoms with Gasteiger partial charge in [0.2, 0.25) is 0 Å². The monoisotopic (exact) mass is 270 g/mol. The summed E-state index contributed by atoms with van der Waals surface area (Å²) in [4.78, 5) is 11.9. The second kappa shape index (κ2) is 4.73. The molecular weight excluding hydrogens is 256 g/mol. The van der Waals surface area contributed by atoms with Crippen LogP contribution in [0, 0.1) is 0 Å². The number of pyridine rings is 1. The number of benzene rings is 1. The van der Waals surface area contributed by atoms with Crippen LogP contribution in [0.2, 0.25) is 0 Å². The van der Waals surface area contributed by atoms with Gasteiger partial charge >= 0.3 is 0 Å². The zero-order chi connectivity index (χ0) is 14.1. The first-order valence-corrected chi connectivity index (χ1v) is 6.13. The molecule has 3 N–H and O–H groups in total. The Labute approximate surface area is 115 Å². The molecule has 0 spiro atoms. The van der Waals surface area contributed by atoms with E-state index in [1.807, 2.05) is 12.1 Å². The summed E-state index contributed by atoms with van der Waals surface area (Å²) in [6, 6.07) is 8.75. The Hall–Kier alpha value is -2.76. The summed E-state index contributed by atoms with van der Waals surface area (Å²) in [5, 5.41) is 12.9. The number of hydrogen-bond donors (Lipinski definition) is 3. The fraction of sp³-hybridized carbons (Fsp3) is 0.143. The van der Waals surface area contributed by atoms with Crippen molar-refractivity contribution in [3.63, 3.8) is 0 Å². The molecule has 2 heterocycles. The molecule has 6 nitrogen and oxygen atoms in total. The highest BCUT2D eigenvalue weighted by Crippen LogP contribution is 2.31. The van der Waals surface area contributed by atoms with Crippen LogP contribution in [0.3, 0.4) is 0 Å². The standard InChI is InChI=1S/C14H14N4O2/c1-15-12-6-4-10-14(17-12)18-13(16-10)9-7-8(20-2)3-5-11(9)19/h3-7,19H,1-2H3,(H2,15,16,17,18). The SMILES string of the molecule is CNc1ccc2[nH]c(-c3cc(OC)ccc3O)nc2n1. The van der Waals surface area contributed by atoms with Crippen molar-refractivity contribution in [1.82, 2.24) is 15.0 Å². The third-order valence-electron chi connectivity index (χ3n) is 3.06. The van der Waals surface area contributed by atoms with E-state index < -0.39 is 0 Å². The van der Waals surface area contributed by atoms with E-state index in [4.69, 9.17) is 4.74 Å². The Morgan fingerprint density at radius 2 is 2.05 bits per heavy atom. The minimum atomic E-state index is 0.138. The number of phenols is 1. The zero-order valence-electron chi connectivity index (χ0n) is 11.1. The first-order chi connectivity index (χ1) is 9.71. The fourth-order valence-corrected chi connectivity index (χ4v) is 1.99. The molecule has 0 aliphatic rings. The lowest BCUT2D eigenvalue weighted by molar-refractivity contribution is 0.412. The maximum absolute atomic E-state index is 9.96. The average Bonchev–Trinajstić information content (AvgIpc) is 2.90. The van der Waals surface area contributed by atoms with Crippen molar-refractivity contribution in [2.45, 2.75) is 0 Å². The minimum absolute atomic E-state index is 0.138. The molecule has 0 bridgehead atoms. The van der Waals surface area contributed by atoms with Crippen LogP contribution in [0.25, 0.3) is 22.6 Å². The average molecular weight is 270 g/mol. The fourth-order valence-electron chi connectivity index (χ4n) is 1.99. The largest absolute Gasteiger partial charge is 0.507 e. The van der Waals surface area contributed by atoms with Gasteiger partial charge in [-0.1, -0.05) is 0 Å². The molecule has 20 heavy (non-hydrogen) atoms. The molecular formula is C14H14N4O2. The number of phenolic OH excluding ortho intramolecular Hbond substituents is 1. The second-order valence-corrected chi connectivity index (χ2v) is 4.29. The molecule has 0 saturated carbocycles. The molecule has 0 aliphatic heterocycles. The lowest BCUT2D eigenvalue weighted by atomic mass is 10.2. The summed E-state index contributed by atoms with van der Waals surface area (Å²) >= 11 is 0. The molecule has 3 aromatic rings. The van der Waals surface area contributed by atoms with E-state index in [2.05, 4.69) is 20.3 Å². The van der Waals surface area contributed by atoms with Gasteiger partial charge in [-0.2, -0.15) is 0 Å². The first kappa shape index (κ1) is 12.3. The van der Waals surface area contributed by atoms with Gasteiger partial charge in [-0.15, -0.1) is 0 Å². The van der Waals surface area contributed by atoms with Gasteiger partial charge in [0.05, 0.1) is 18.2 Å². The number of methoxy groups -OCH3 is 1. The van der Waals surface area contributed by atoms with Crippen molar-refractivity contribution >= 4 is 17.0 Å². The number of nitrogens with one attached hydrogen (secondary N) is 2. The Kier molecular flexibility index (Phi) is 2.90. The number of nitrogens with zero attached hydrogens (tertiary/aromatic N) is 2. The van der Waals surface area contributed by atoms with E-state index in [1.54, 1.807) is 32.4 Å². The highest BCUT2D eigenvalue weighted by atomic mass is 16.5. The Morgan fingerprint density at radius 3 is 2.80 bits per heavy atom. The number of imidazole rings is 1. The number of H-pyrrole nitrogens is 1. The van der Waals surface area contributed by atoms with Gasteiger partial charge in [0.1, 0.15) is 23.1 Å². The normalized spacial score (nSPS) is 10.7. The highest BCUT2D eigenvalue weighted by Gasteiger charge is 2.11. The van der Waals surface area contributed by atoms with Crippen LogP contribution in [-0.2, 0) is 0 Å². The quantitative estimate of drug-likeness (QED) is 0.680. The van der Waals surface area contributed by atoms with Crippen molar-refractivity contribution in [2.75, 3.05) is 19.5 Å². The summed E-state index contributed by atoms with van der Waals surface area (Å²) in [6.45, 7) is 0. The van der Waals surface area contributed by atoms with Crippen LogP contribution in [0.1, 0.15) is 0 Å². The van der Waals surface area contributed by atoms with Crippen LogP contribution in [0.5, 0.6) is 11.5 Å². The number of ether oxygens (including phenoxy) is 1. The van der Waals surface area contributed by atoms with Crippen LogP contribution >= 0.6 is 0 Å². The number of anilines is 1. The van der Waals surface area contributed by atoms with Crippen LogP contribution in [0.15, 0.2) is 30.3 Å². The van der Waals surface area contributed by atoms with Crippen molar-refractivity contribution in [1.29, 1.82) is 0 Å². The van der Waals surface area contributed by atoms with E-state index in [-0.39, 0.29) is 5.75 Å². The summed E-state index contributed by atoms with van der Waals surface area (Å²) < 4.78 is 5.16. The van der Waals surface area contributed by atoms with Crippen molar-refractivity contribution in [3.05, 3.63) is 30.3 Å². The number of fused-ring (bicyclic) bond motifs is 1. The van der Waals surface area contributed by atoms with Gasteiger partial charge in [-0.3, -0.25) is 0 Å². The Bertz CT molecular complexity index is 767. The maximum atomic E-state index is 9.96. The van der Waals surface area contributed by atoms with Gasteiger partial charge in [0.25, 0.3) is 0 Å². The smallest absolute Gasteiger partial charge is 0.180 e. The molecule has 0 fully saturated rings. The summed E-state index contributed by atoms with van der Waals surface area (Å²) in [5.74, 6) is 2.09. The topological polar surface area (TPSA) is 83.1 Å². The summed E-state index contributed by atoms with van der Waals surface area (Å²) in [6.07, 6.45) is 0. The molecule has 0 saturated heterocycles. The van der Waals surface area contributed by atoms with Crippen molar-refractivity contribution < 1.29 is 9.84 Å². The van der Waals surface area contributed by atoms with E-state index >= 15 is 0 Å². The molecule has 0 unspecified atom stereocenters. The van der Waals surface area contributed by atoms with E-state index in [0.29, 0.717) is 22.8 Å². The van der Waals surface area contributed by atoms with E-state index in [9.17, 15) is 5.11 Å². The molecule has 1 aromatic carbocycles. The molecule has 0 amide bonds. The van der Waals surface area contributed by atoms with Gasteiger partial charge in [0.15, 0.2) is 5.65 Å². The number of aromatic amines is 1.